The molecule has 0 aromatic rings. The number of urea groups is 1. The van der Waals surface area contributed by atoms with Gasteiger partial charge in [0.25, 0.3) is 5.91 Å². The predicted octanol–water partition coefficient (Wildman–Crippen LogP) is 0.00220. The first-order valence-electron chi connectivity index (χ1n) is 7.20. The molecule has 2 fully saturated rings. The summed E-state index contributed by atoms with van der Waals surface area (Å²) in [7, 11) is 0. The molecule has 0 aliphatic carbocycles. The molecule has 2 saturated heterocycles. The number of rotatable bonds is 5. The van der Waals surface area contributed by atoms with Crippen LogP contribution >= 0.6 is 0 Å². The number of nitrogens with one attached hydrogen (secondary N) is 2. The molecule has 2 aliphatic rings. The number of imide groups is 1. The molecular weight excluding hydrogens is 244 g/mol. The number of likely N-dealkylation sites (N-methyl/N-ethyl adjacent to an activating group) is 1. The zero-order valence-electron chi connectivity index (χ0n) is 11.9. The molecule has 0 bridgehead atoms. The van der Waals surface area contributed by atoms with E-state index in [1.165, 1.54) is 4.90 Å². The van der Waals surface area contributed by atoms with Crippen molar-refractivity contribution in [3.8, 4) is 0 Å². The van der Waals surface area contributed by atoms with Crippen molar-refractivity contribution in [3.63, 3.8) is 0 Å². The minimum Gasteiger partial charge on any atom is -0.323 e. The third kappa shape index (κ3) is 2.74. The molecule has 1 spiro atoms. The van der Waals surface area contributed by atoms with Gasteiger partial charge in [0.2, 0.25) is 0 Å². The molecule has 0 aromatic heterocycles. The molecule has 0 radical (unpaired) electrons. The summed E-state index contributed by atoms with van der Waals surface area (Å²) < 4.78 is 0. The molecule has 0 atom stereocenters. The molecule has 3 amide bonds. The van der Waals surface area contributed by atoms with E-state index >= 15 is 0 Å². The largest absolute Gasteiger partial charge is 0.325 e. The van der Waals surface area contributed by atoms with Gasteiger partial charge in [-0.25, -0.2) is 4.79 Å². The van der Waals surface area contributed by atoms with Crippen LogP contribution in [-0.4, -0.2) is 66.5 Å². The van der Waals surface area contributed by atoms with Gasteiger partial charge >= 0.3 is 6.03 Å². The monoisotopic (exact) mass is 268 g/mol. The van der Waals surface area contributed by atoms with Gasteiger partial charge in [-0.05, 0) is 39.0 Å². The number of hydrogen-bond donors (Lipinski definition) is 2. The first kappa shape index (κ1) is 14.3. The van der Waals surface area contributed by atoms with E-state index in [0.29, 0.717) is 19.4 Å². The summed E-state index contributed by atoms with van der Waals surface area (Å²) in [5, 5.41) is 6.13. The SMILES string of the molecule is CCN(CC)CCN1C(=O)NC2(CCNCC2)C1=O. The van der Waals surface area contributed by atoms with Gasteiger partial charge < -0.3 is 15.5 Å². The van der Waals surface area contributed by atoms with E-state index in [1.54, 1.807) is 0 Å². The highest BCUT2D eigenvalue weighted by atomic mass is 16.2. The lowest BCUT2D eigenvalue weighted by molar-refractivity contribution is -0.132. The van der Waals surface area contributed by atoms with Gasteiger partial charge in [-0.15, -0.1) is 0 Å². The fourth-order valence-corrected chi connectivity index (χ4v) is 2.85. The van der Waals surface area contributed by atoms with Gasteiger partial charge in [0.05, 0.1) is 0 Å². The Labute approximate surface area is 114 Å². The van der Waals surface area contributed by atoms with Crippen LogP contribution in [0.25, 0.3) is 0 Å². The lowest BCUT2D eigenvalue weighted by Crippen LogP contribution is -2.54. The maximum absolute atomic E-state index is 12.5. The predicted molar refractivity (Wildman–Crippen MR) is 72.9 cm³/mol. The Kier molecular flexibility index (Phi) is 4.42. The van der Waals surface area contributed by atoms with Gasteiger partial charge in [0.15, 0.2) is 0 Å². The van der Waals surface area contributed by atoms with Crippen LogP contribution in [0, 0.1) is 0 Å². The minimum atomic E-state index is -0.633. The standard InChI is InChI=1S/C13H24N4O2/c1-3-16(4-2)9-10-17-11(18)13(15-12(17)19)5-7-14-8-6-13/h14H,3-10H2,1-2H3,(H,15,19). The Morgan fingerprint density at radius 2 is 1.84 bits per heavy atom. The summed E-state index contributed by atoms with van der Waals surface area (Å²) in [5.74, 6) is -0.0360. The summed E-state index contributed by atoms with van der Waals surface area (Å²) in [6.07, 6.45) is 1.39. The van der Waals surface area contributed by atoms with Crippen LogP contribution in [0.15, 0.2) is 0 Å². The van der Waals surface area contributed by atoms with Crippen LogP contribution < -0.4 is 10.6 Å². The summed E-state index contributed by atoms with van der Waals surface area (Å²) in [6.45, 7) is 8.87. The zero-order valence-corrected chi connectivity index (χ0v) is 11.9. The van der Waals surface area contributed by atoms with Crippen molar-refractivity contribution in [2.45, 2.75) is 32.2 Å². The normalized spacial score (nSPS) is 22.4. The molecule has 2 aliphatic heterocycles. The van der Waals surface area contributed by atoms with Crippen LogP contribution in [-0.2, 0) is 4.79 Å². The van der Waals surface area contributed by atoms with Crippen molar-refractivity contribution in [3.05, 3.63) is 0 Å². The molecule has 0 aromatic carbocycles. The number of carbonyl (C=O) groups excluding carboxylic acids is 2. The Balaban J connectivity index is 1.98. The Morgan fingerprint density at radius 1 is 1.21 bits per heavy atom. The van der Waals surface area contributed by atoms with E-state index < -0.39 is 5.54 Å². The molecule has 6 nitrogen and oxygen atoms in total. The fraction of sp³-hybridized carbons (Fsp3) is 0.846. The summed E-state index contributed by atoms with van der Waals surface area (Å²) >= 11 is 0. The Morgan fingerprint density at radius 3 is 2.42 bits per heavy atom. The summed E-state index contributed by atoms with van der Waals surface area (Å²) in [4.78, 5) is 28.1. The smallest absolute Gasteiger partial charge is 0.323 e. The number of carbonyl (C=O) groups is 2. The van der Waals surface area contributed by atoms with Gasteiger partial charge in [0.1, 0.15) is 5.54 Å². The second kappa shape index (κ2) is 5.88. The van der Waals surface area contributed by atoms with Crippen molar-refractivity contribution < 1.29 is 9.59 Å². The van der Waals surface area contributed by atoms with Crippen molar-refractivity contribution >= 4 is 11.9 Å². The van der Waals surface area contributed by atoms with Crippen LogP contribution in [0.3, 0.4) is 0 Å². The van der Waals surface area contributed by atoms with E-state index in [9.17, 15) is 9.59 Å². The van der Waals surface area contributed by atoms with Crippen LogP contribution in [0.4, 0.5) is 4.79 Å². The van der Waals surface area contributed by atoms with Crippen molar-refractivity contribution in [1.82, 2.24) is 20.4 Å². The molecular formula is C13H24N4O2. The summed E-state index contributed by atoms with van der Waals surface area (Å²) in [5.41, 5.74) is -0.633. The van der Waals surface area contributed by atoms with Crippen LogP contribution in [0.5, 0.6) is 0 Å². The maximum Gasteiger partial charge on any atom is 0.325 e. The highest BCUT2D eigenvalue weighted by Crippen LogP contribution is 2.26. The second-order valence-corrected chi connectivity index (χ2v) is 5.25. The first-order valence-corrected chi connectivity index (χ1v) is 7.20. The molecule has 2 heterocycles. The summed E-state index contributed by atoms with van der Waals surface area (Å²) in [6, 6.07) is -0.223. The fourth-order valence-electron chi connectivity index (χ4n) is 2.85. The Hall–Kier alpha value is -1.14. The maximum atomic E-state index is 12.5. The van der Waals surface area contributed by atoms with Crippen molar-refractivity contribution in [2.24, 2.45) is 0 Å². The van der Waals surface area contributed by atoms with E-state index in [0.717, 1.165) is 32.7 Å². The molecule has 2 rings (SSSR count). The third-order valence-electron chi connectivity index (χ3n) is 4.24. The minimum absolute atomic E-state index is 0.0360. The van der Waals surface area contributed by atoms with E-state index in [-0.39, 0.29) is 11.9 Å². The second-order valence-electron chi connectivity index (χ2n) is 5.25. The number of hydrogen-bond acceptors (Lipinski definition) is 4. The lowest BCUT2D eigenvalue weighted by Gasteiger charge is -2.31. The molecule has 2 N–H and O–H groups in total. The number of nitrogens with zero attached hydrogens (tertiary/aromatic N) is 2. The molecule has 0 unspecified atom stereocenters. The van der Waals surface area contributed by atoms with Crippen LogP contribution in [0.2, 0.25) is 0 Å². The molecule has 19 heavy (non-hydrogen) atoms. The highest BCUT2D eigenvalue weighted by Gasteiger charge is 2.51. The number of amides is 3. The third-order valence-corrected chi connectivity index (χ3v) is 4.24. The van der Waals surface area contributed by atoms with Gasteiger partial charge in [-0.2, -0.15) is 0 Å². The van der Waals surface area contributed by atoms with Gasteiger partial charge in [0, 0.05) is 13.1 Å². The highest BCUT2D eigenvalue weighted by molar-refractivity contribution is 6.07. The molecule has 108 valence electrons. The first-order chi connectivity index (χ1) is 9.13. The molecule has 0 saturated carbocycles. The van der Waals surface area contributed by atoms with Crippen LogP contribution in [0.1, 0.15) is 26.7 Å². The van der Waals surface area contributed by atoms with Crippen molar-refractivity contribution in [1.29, 1.82) is 0 Å². The van der Waals surface area contributed by atoms with Gasteiger partial charge in [-0.3, -0.25) is 9.69 Å². The average Bonchev–Trinajstić information content (AvgIpc) is 2.64. The zero-order chi connectivity index (χ0) is 13.9. The van der Waals surface area contributed by atoms with E-state index in [4.69, 9.17) is 0 Å². The average molecular weight is 268 g/mol. The number of piperidine rings is 1. The quantitative estimate of drug-likeness (QED) is 0.689. The topological polar surface area (TPSA) is 64.7 Å². The van der Waals surface area contributed by atoms with Gasteiger partial charge in [-0.1, -0.05) is 13.8 Å². The molecule has 6 heteroatoms. The van der Waals surface area contributed by atoms with E-state index in [2.05, 4.69) is 29.4 Å². The Bertz CT molecular complexity index is 349. The van der Waals surface area contributed by atoms with E-state index in [1.807, 2.05) is 0 Å². The lowest BCUT2D eigenvalue weighted by atomic mass is 9.88. The van der Waals surface area contributed by atoms with Crippen molar-refractivity contribution in [2.75, 3.05) is 39.3 Å².